The Balaban J connectivity index is 1.90. The van der Waals surface area contributed by atoms with Gasteiger partial charge in [0.1, 0.15) is 5.03 Å². The fourth-order valence-electron chi connectivity index (χ4n) is 4.21. The van der Waals surface area contributed by atoms with Gasteiger partial charge in [-0.3, -0.25) is 4.79 Å². The molecular formula is C21H24N4O2S. The van der Waals surface area contributed by atoms with Crippen LogP contribution in [0.1, 0.15) is 53.0 Å². The number of carbonyl (C=O) groups excluding carboxylic acids is 1. The lowest BCUT2D eigenvalue weighted by molar-refractivity contribution is 0.0836. The molecule has 2 atom stereocenters. The van der Waals surface area contributed by atoms with Crippen molar-refractivity contribution in [1.29, 1.82) is 0 Å². The normalized spacial score (nSPS) is 20.8. The van der Waals surface area contributed by atoms with E-state index in [1.165, 1.54) is 5.56 Å². The Morgan fingerprint density at radius 2 is 2.18 bits per heavy atom. The number of methoxy groups -OCH3 is 1. The van der Waals surface area contributed by atoms with Crippen LogP contribution in [0.3, 0.4) is 0 Å². The predicted molar refractivity (Wildman–Crippen MR) is 112 cm³/mol. The second-order valence-corrected chi connectivity index (χ2v) is 7.94. The molecule has 0 saturated heterocycles. The van der Waals surface area contributed by atoms with Gasteiger partial charge in [-0.2, -0.15) is 0 Å². The lowest BCUT2D eigenvalue weighted by Gasteiger charge is -2.28. The van der Waals surface area contributed by atoms with Crippen LogP contribution in [-0.2, 0) is 11.2 Å². The van der Waals surface area contributed by atoms with E-state index in [0.717, 1.165) is 46.8 Å². The molecule has 1 amide bonds. The van der Waals surface area contributed by atoms with E-state index in [9.17, 15) is 4.79 Å². The van der Waals surface area contributed by atoms with Gasteiger partial charge in [0.25, 0.3) is 0 Å². The number of amides is 1. The van der Waals surface area contributed by atoms with Crippen LogP contribution in [-0.4, -0.2) is 35.3 Å². The first-order valence-corrected chi connectivity index (χ1v) is 10.6. The number of carbonyl (C=O) groups is 1. The Morgan fingerprint density at radius 3 is 2.86 bits per heavy atom. The molecule has 146 valence electrons. The highest BCUT2D eigenvalue weighted by atomic mass is 32.2. The first kappa shape index (κ1) is 19.0. The first-order valence-electron chi connectivity index (χ1n) is 9.36. The van der Waals surface area contributed by atoms with Crippen molar-refractivity contribution in [3.8, 4) is 0 Å². The molecule has 2 aliphatic rings. The Bertz CT molecular complexity index is 975. The predicted octanol–water partition coefficient (Wildman–Crippen LogP) is 3.87. The smallest absolute Gasteiger partial charge is 0.249 e. The summed E-state index contributed by atoms with van der Waals surface area (Å²) in [5, 5.41) is 0.985. The summed E-state index contributed by atoms with van der Waals surface area (Å²) >= 11 is 1.63. The summed E-state index contributed by atoms with van der Waals surface area (Å²) in [7, 11) is 1.73. The van der Waals surface area contributed by atoms with Gasteiger partial charge in [-0.25, -0.2) is 9.97 Å². The van der Waals surface area contributed by atoms with E-state index in [4.69, 9.17) is 20.4 Å². The molecule has 0 saturated carbocycles. The fraction of sp³-hybridized carbons (Fsp3) is 0.381. The molecule has 1 unspecified atom stereocenters. The molecule has 0 spiro atoms. The quantitative estimate of drug-likeness (QED) is 0.624. The van der Waals surface area contributed by atoms with Crippen molar-refractivity contribution in [2.75, 3.05) is 18.3 Å². The number of anilines is 2. The maximum atomic E-state index is 11.9. The second-order valence-electron chi connectivity index (χ2n) is 7.15. The topological polar surface area (TPSA) is 81.3 Å². The van der Waals surface area contributed by atoms with Gasteiger partial charge >= 0.3 is 0 Å². The number of ether oxygens (including phenoxy) is 1. The maximum absolute atomic E-state index is 11.9. The van der Waals surface area contributed by atoms with Crippen molar-refractivity contribution in [2.45, 2.75) is 43.4 Å². The highest BCUT2D eigenvalue weighted by Crippen LogP contribution is 2.46. The number of rotatable bonds is 4. The zero-order chi connectivity index (χ0) is 20.0. The molecule has 2 aromatic rings. The fourth-order valence-corrected chi connectivity index (χ4v) is 4.84. The highest BCUT2D eigenvalue weighted by Gasteiger charge is 2.36. The number of hydrogen-bond acceptors (Lipinski definition) is 6. The Hall–Kier alpha value is -2.38. The number of nitrogens with two attached hydrogens (primary N) is 1. The highest BCUT2D eigenvalue weighted by molar-refractivity contribution is 7.98. The van der Waals surface area contributed by atoms with Crippen molar-refractivity contribution in [1.82, 2.24) is 9.97 Å². The molecular weight excluding hydrogens is 372 g/mol. The maximum Gasteiger partial charge on any atom is 0.249 e. The van der Waals surface area contributed by atoms with Crippen LogP contribution in [0.4, 0.5) is 11.6 Å². The number of aromatic nitrogens is 2. The summed E-state index contributed by atoms with van der Waals surface area (Å²) in [4.78, 5) is 23.8. The van der Waals surface area contributed by atoms with Crippen LogP contribution in [0.25, 0.3) is 5.57 Å². The number of hydrogen-bond donors (Lipinski definition) is 1. The van der Waals surface area contributed by atoms with E-state index in [0.29, 0.717) is 11.5 Å². The number of fused-ring (bicyclic) bond motifs is 2. The SMILES string of the molecule is C=C1c2c(C(N)=O)cccc2N(c2nc(SC)c3c(n2)[C@@H](OC)CCC3)C1C. The van der Waals surface area contributed by atoms with E-state index >= 15 is 0 Å². The van der Waals surface area contributed by atoms with Crippen LogP contribution < -0.4 is 10.6 Å². The molecule has 1 aliphatic carbocycles. The molecule has 28 heavy (non-hydrogen) atoms. The summed E-state index contributed by atoms with van der Waals surface area (Å²) in [5.74, 6) is 0.156. The lowest BCUT2D eigenvalue weighted by Crippen LogP contribution is -2.27. The van der Waals surface area contributed by atoms with E-state index in [1.807, 2.05) is 30.2 Å². The second kappa shape index (κ2) is 7.22. The minimum absolute atomic E-state index is 0.0195. The van der Waals surface area contributed by atoms with Crippen LogP contribution in [0, 0.1) is 0 Å². The average molecular weight is 397 g/mol. The van der Waals surface area contributed by atoms with Crippen molar-refractivity contribution >= 4 is 34.9 Å². The molecule has 0 bridgehead atoms. The van der Waals surface area contributed by atoms with Crippen LogP contribution >= 0.6 is 11.8 Å². The standard InChI is InChI=1S/C21H24N4O2S/c1-11-12(2)25(15-9-5-7-13(17(11)15)19(22)26)21-23-18-14(20(24-21)28-4)8-6-10-16(18)27-3/h5,7,9,12,16H,1,6,8,10H2,2-4H3,(H2,22,26)/t12?,16-/m0/s1. The molecule has 1 aliphatic heterocycles. The van der Waals surface area contributed by atoms with Crippen LogP contribution in [0.5, 0.6) is 0 Å². The van der Waals surface area contributed by atoms with E-state index in [2.05, 4.69) is 6.58 Å². The molecule has 4 rings (SSSR count). The van der Waals surface area contributed by atoms with Gasteiger partial charge in [-0.05, 0) is 50.1 Å². The van der Waals surface area contributed by atoms with Gasteiger partial charge in [0, 0.05) is 23.8 Å². The third-order valence-electron chi connectivity index (χ3n) is 5.66. The zero-order valence-corrected chi connectivity index (χ0v) is 17.2. The molecule has 2 heterocycles. The average Bonchev–Trinajstić information content (AvgIpc) is 2.97. The number of nitrogens with zero attached hydrogens (tertiary/aromatic N) is 3. The Labute approximate surface area is 169 Å². The van der Waals surface area contributed by atoms with Gasteiger partial charge in [0.2, 0.25) is 11.9 Å². The minimum atomic E-state index is -0.456. The lowest BCUT2D eigenvalue weighted by atomic mass is 9.95. The van der Waals surface area contributed by atoms with Crippen molar-refractivity contribution in [3.63, 3.8) is 0 Å². The molecule has 6 nitrogen and oxygen atoms in total. The third-order valence-corrected chi connectivity index (χ3v) is 6.39. The van der Waals surface area contributed by atoms with Gasteiger partial charge in [-0.15, -0.1) is 11.8 Å². The van der Waals surface area contributed by atoms with Gasteiger partial charge < -0.3 is 15.4 Å². The van der Waals surface area contributed by atoms with Gasteiger partial charge in [0.05, 0.1) is 23.5 Å². The van der Waals surface area contributed by atoms with Crippen molar-refractivity contribution in [3.05, 3.63) is 47.2 Å². The first-order chi connectivity index (χ1) is 13.5. The summed E-state index contributed by atoms with van der Waals surface area (Å²) in [6.07, 6.45) is 5.01. The van der Waals surface area contributed by atoms with E-state index < -0.39 is 5.91 Å². The van der Waals surface area contributed by atoms with E-state index in [-0.39, 0.29) is 12.1 Å². The molecule has 0 radical (unpaired) electrons. The molecule has 0 fully saturated rings. The Morgan fingerprint density at radius 1 is 1.39 bits per heavy atom. The molecule has 2 N–H and O–H groups in total. The van der Waals surface area contributed by atoms with Crippen molar-refractivity contribution in [2.24, 2.45) is 5.73 Å². The summed E-state index contributed by atoms with van der Waals surface area (Å²) in [6, 6.07) is 5.47. The monoisotopic (exact) mass is 396 g/mol. The minimum Gasteiger partial charge on any atom is -0.375 e. The van der Waals surface area contributed by atoms with Crippen LogP contribution in [0.2, 0.25) is 0 Å². The zero-order valence-electron chi connectivity index (χ0n) is 16.4. The number of thioether (sulfide) groups is 1. The third kappa shape index (κ3) is 2.81. The molecule has 7 heteroatoms. The van der Waals surface area contributed by atoms with Gasteiger partial charge in [-0.1, -0.05) is 12.6 Å². The van der Waals surface area contributed by atoms with Crippen molar-refractivity contribution < 1.29 is 9.53 Å². The Kier molecular flexibility index (Phi) is 4.89. The summed E-state index contributed by atoms with van der Waals surface area (Å²) < 4.78 is 5.71. The number of benzene rings is 1. The largest absolute Gasteiger partial charge is 0.375 e. The van der Waals surface area contributed by atoms with Gasteiger partial charge in [0.15, 0.2) is 0 Å². The molecule has 1 aromatic heterocycles. The summed E-state index contributed by atoms with van der Waals surface area (Å²) in [5.41, 5.74) is 10.7. The number of primary amides is 1. The van der Waals surface area contributed by atoms with Crippen LogP contribution in [0.15, 0.2) is 29.8 Å². The molecule has 1 aromatic carbocycles. The van der Waals surface area contributed by atoms with E-state index in [1.54, 1.807) is 24.9 Å². The summed E-state index contributed by atoms with van der Waals surface area (Å²) in [6.45, 7) is 6.27.